The first-order chi connectivity index (χ1) is 17.5. The number of nitrogens with two attached hydrogens (primary N) is 1. The van der Waals surface area contributed by atoms with E-state index in [0.717, 1.165) is 15.8 Å². The lowest BCUT2D eigenvalue weighted by Gasteiger charge is -2.29. The molecule has 1 fully saturated rings. The Morgan fingerprint density at radius 2 is 1.84 bits per heavy atom. The zero-order chi connectivity index (χ0) is 27.3. The van der Waals surface area contributed by atoms with Crippen molar-refractivity contribution in [2.75, 3.05) is 6.54 Å². The molecule has 2 aromatic rings. The Morgan fingerprint density at radius 1 is 1.14 bits per heavy atom. The number of likely N-dealkylation sites (tertiary alicyclic amines) is 1. The van der Waals surface area contributed by atoms with E-state index in [1.165, 1.54) is 6.92 Å². The van der Waals surface area contributed by atoms with Crippen LogP contribution in [0, 0.1) is 0 Å². The smallest absolute Gasteiger partial charge is 0.326 e. The number of hydrogen-bond donors (Lipinski definition) is 7. The Bertz CT molecular complexity index is 1180. The fourth-order valence-electron chi connectivity index (χ4n) is 4.35. The van der Waals surface area contributed by atoms with E-state index in [-0.39, 0.29) is 19.4 Å². The van der Waals surface area contributed by atoms with Gasteiger partial charge in [0, 0.05) is 30.1 Å². The number of carboxylic acids is 2. The number of aromatic nitrogens is 1. The van der Waals surface area contributed by atoms with Gasteiger partial charge in [0.15, 0.2) is 0 Å². The first-order valence-corrected chi connectivity index (χ1v) is 11.8. The molecule has 37 heavy (non-hydrogen) atoms. The molecule has 3 amide bonds. The number of rotatable bonds is 11. The van der Waals surface area contributed by atoms with Crippen molar-refractivity contribution >= 4 is 40.6 Å². The van der Waals surface area contributed by atoms with Gasteiger partial charge in [0.2, 0.25) is 17.7 Å². The van der Waals surface area contributed by atoms with Gasteiger partial charge in [-0.25, -0.2) is 4.79 Å². The highest BCUT2D eigenvalue weighted by atomic mass is 16.4. The second-order valence-electron chi connectivity index (χ2n) is 9.08. The maximum Gasteiger partial charge on any atom is 0.326 e. The van der Waals surface area contributed by atoms with Crippen LogP contribution in [-0.4, -0.2) is 91.7 Å². The Balaban J connectivity index is 1.73. The van der Waals surface area contributed by atoms with E-state index >= 15 is 0 Å². The highest BCUT2D eigenvalue weighted by Gasteiger charge is 2.40. The summed E-state index contributed by atoms with van der Waals surface area (Å²) in [7, 11) is 0. The van der Waals surface area contributed by atoms with Gasteiger partial charge in [0.25, 0.3) is 0 Å². The summed E-state index contributed by atoms with van der Waals surface area (Å²) in [5, 5.41) is 34.1. The van der Waals surface area contributed by atoms with Gasteiger partial charge in [-0.15, -0.1) is 0 Å². The van der Waals surface area contributed by atoms with E-state index in [2.05, 4.69) is 15.6 Å². The Morgan fingerprint density at radius 3 is 2.49 bits per heavy atom. The van der Waals surface area contributed by atoms with Gasteiger partial charge in [-0.2, -0.15) is 0 Å². The van der Waals surface area contributed by atoms with Gasteiger partial charge in [0.05, 0.1) is 12.5 Å². The van der Waals surface area contributed by atoms with Crippen LogP contribution in [0.5, 0.6) is 0 Å². The van der Waals surface area contributed by atoms with Gasteiger partial charge in [-0.1, -0.05) is 18.2 Å². The standard InChI is InChI=1S/C24H31N5O8/c1-12(30)20(25)22(34)27-16(10-19(31)32)23(35)29-8-4-7-18(29)21(33)28-17(24(36)37)9-13-11-26-15-6-3-2-5-14(13)15/h2-3,5-6,11-12,16-18,20,26,30H,4,7-10,25H2,1H3,(H,27,34)(H,28,33)(H,31,32)(H,36,37). The third-order valence-electron chi connectivity index (χ3n) is 6.37. The van der Waals surface area contributed by atoms with Crippen LogP contribution in [0.1, 0.15) is 31.7 Å². The second-order valence-corrected chi connectivity index (χ2v) is 9.08. The summed E-state index contributed by atoms with van der Waals surface area (Å²) in [4.78, 5) is 66.0. The maximum atomic E-state index is 13.2. The molecule has 2 heterocycles. The molecule has 1 aromatic carbocycles. The Hall–Kier alpha value is -3.97. The van der Waals surface area contributed by atoms with Crippen molar-refractivity contribution in [3.8, 4) is 0 Å². The molecule has 5 unspecified atom stereocenters. The van der Waals surface area contributed by atoms with E-state index in [9.17, 15) is 39.3 Å². The lowest BCUT2D eigenvalue weighted by atomic mass is 10.0. The number of carbonyl (C=O) groups is 5. The summed E-state index contributed by atoms with van der Waals surface area (Å²) < 4.78 is 0. The predicted molar refractivity (Wildman–Crippen MR) is 130 cm³/mol. The molecule has 0 radical (unpaired) electrons. The molecule has 0 spiro atoms. The molecule has 0 saturated carbocycles. The van der Waals surface area contributed by atoms with Gasteiger partial charge in [-0.3, -0.25) is 19.2 Å². The van der Waals surface area contributed by atoms with Crippen molar-refractivity contribution in [2.24, 2.45) is 5.73 Å². The third kappa shape index (κ3) is 6.62. The van der Waals surface area contributed by atoms with Crippen LogP contribution in [0.25, 0.3) is 10.9 Å². The second kappa shape index (κ2) is 11.8. The molecule has 1 saturated heterocycles. The van der Waals surface area contributed by atoms with Crippen LogP contribution in [0.2, 0.25) is 0 Å². The van der Waals surface area contributed by atoms with Crippen LogP contribution in [0.3, 0.4) is 0 Å². The van der Waals surface area contributed by atoms with E-state index in [1.54, 1.807) is 6.20 Å². The summed E-state index contributed by atoms with van der Waals surface area (Å²) in [5.74, 6) is -5.04. The van der Waals surface area contributed by atoms with E-state index < -0.39 is 66.4 Å². The maximum absolute atomic E-state index is 13.2. The average molecular weight is 518 g/mol. The van der Waals surface area contributed by atoms with Crippen molar-refractivity contribution in [1.29, 1.82) is 0 Å². The normalized spacial score (nSPS) is 18.6. The van der Waals surface area contributed by atoms with Crippen molar-refractivity contribution in [3.63, 3.8) is 0 Å². The number of H-pyrrole nitrogens is 1. The average Bonchev–Trinajstić information content (AvgIpc) is 3.49. The van der Waals surface area contributed by atoms with Crippen molar-refractivity contribution in [3.05, 3.63) is 36.0 Å². The molecule has 5 atom stereocenters. The summed E-state index contributed by atoms with van der Waals surface area (Å²) in [6, 6.07) is 2.10. The molecule has 0 aliphatic carbocycles. The number of benzene rings is 1. The Kier molecular flexibility index (Phi) is 8.84. The first-order valence-electron chi connectivity index (χ1n) is 11.8. The molecule has 3 rings (SSSR count). The minimum atomic E-state index is -1.52. The number of aliphatic hydroxyl groups excluding tert-OH is 1. The number of nitrogens with one attached hydrogen (secondary N) is 3. The highest BCUT2D eigenvalue weighted by molar-refractivity contribution is 5.96. The first kappa shape index (κ1) is 27.6. The molecular formula is C24H31N5O8. The van der Waals surface area contributed by atoms with Gasteiger partial charge in [0.1, 0.15) is 24.2 Å². The fraction of sp³-hybridized carbons (Fsp3) is 0.458. The summed E-state index contributed by atoms with van der Waals surface area (Å²) >= 11 is 0. The van der Waals surface area contributed by atoms with Crippen LogP contribution < -0.4 is 16.4 Å². The predicted octanol–water partition coefficient (Wildman–Crippen LogP) is -1.06. The van der Waals surface area contributed by atoms with Crippen molar-refractivity contribution in [2.45, 2.75) is 62.9 Å². The lowest BCUT2D eigenvalue weighted by Crippen LogP contribution is -2.58. The van der Waals surface area contributed by atoms with E-state index in [4.69, 9.17) is 5.73 Å². The quantitative estimate of drug-likeness (QED) is 0.193. The lowest BCUT2D eigenvalue weighted by molar-refractivity contribution is -0.147. The zero-order valence-corrected chi connectivity index (χ0v) is 20.2. The molecule has 200 valence electrons. The fourth-order valence-corrected chi connectivity index (χ4v) is 4.35. The third-order valence-corrected chi connectivity index (χ3v) is 6.37. The van der Waals surface area contributed by atoms with Crippen LogP contribution in [0.15, 0.2) is 30.5 Å². The van der Waals surface area contributed by atoms with Crippen LogP contribution >= 0.6 is 0 Å². The van der Waals surface area contributed by atoms with E-state index in [0.29, 0.717) is 12.0 Å². The number of para-hydroxylation sites is 1. The number of aliphatic carboxylic acids is 2. The molecular weight excluding hydrogens is 486 g/mol. The molecule has 1 aliphatic heterocycles. The molecule has 1 aromatic heterocycles. The number of carbonyl (C=O) groups excluding carboxylic acids is 3. The van der Waals surface area contributed by atoms with Gasteiger partial charge < -0.3 is 41.6 Å². The number of carboxylic acid groups (broad SMARTS) is 2. The monoisotopic (exact) mass is 517 g/mol. The highest BCUT2D eigenvalue weighted by Crippen LogP contribution is 2.22. The molecule has 8 N–H and O–H groups in total. The van der Waals surface area contributed by atoms with Gasteiger partial charge in [-0.05, 0) is 31.4 Å². The largest absolute Gasteiger partial charge is 0.481 e. The number of amides is 3. The number of nitrogens with zero attached hydrogens (tertiary/aromatic N) is 1. The van der Waals surface area contributed by atoms with Crippen molar-refractivity contribution in [1.82, 2.24) is 20.5 Å². The summed E-state index contributed by atoms with van der Waals surface area (Å²) in [6.07, 6.45) is 0.329. The number of aliphatic hydroxyl groups is 1. The minimum Gasteiger partial charge on any atom is -0.481 e. The summed E-state index contributed by atoms with van der Waals surface area (Å²) in [6.45, 7) is 1.39. The SMILES string of the molecule is CC(O)C(N)C(=O)NC(CC(=O)O)C(=O)N1CCCC1C(=O)NC(Cc1c[nH]c2ccccc12)C(=O)O. The van der Waals surface area contributed by atoms with Crippen molar-refractivity contribution < 1.29 is 39.3 Å². The molecule has 1 aliphatic rings. The topological polar surface area (TPSA) is 215 Å². The molecule has 0 bridgehead atoms. The minimum absolute atomic E-state index is 0.000677. The molecule has 13 heteroatoms. The van der Waals surface area contributed by atoms with Crippen LogP contribution in [-0.2, 0) is 30.4 Å². The van der Waals surface area contributed by atoms with Gasteiger partial charge >= 0.3 is 11.9 Å². The van der Waals surface area contributed by atoms with E-state index in [1.807, 2.05) is 24.3 Å². The number of hydrogen-bond acceptors (Lipinski definition) is 7. The Labute approximate surface area is 212 Å². The summed E-state index contributed by atoms with van der Waals surface area (Å²) in [5.41, 5.74) is 7.10. The van der Waals surface area contributed by atoms with Crippen LogP contribution in [0.4, 0.5) is 0 Å². The molecule has 13 nitrogen and oxygen atoms in total. The number of aromatic amines is 1. The zero-order valence-electron chi connectivity index (χ0n) is 20.2. The number of fused-ring (bicyclic) bond motifs is 1.